The topological polar surface area (TPSA) is 75.4 Å². The molecule has 2 rings (SSSR count). The molecule has 1 saturated heterocycles. The van der Waals surface area contributed by atoms with Gasteiger partial charge < -0.3 is 16.0 Å². The maximum Gasteiger partial charge on any atom is 0.416 e. The minimum Gasteiger partial charge on any atom is -0.352 e. The summed E-state index contributed by atoms with van der Waals surface area (Å²) in [5, 5.41) is 2.57. The first-order valence-corrected chi connectivity index (χ1v) is 7.73. The van der Waals surface area contributed by atoms with Gasteiger partial charge in [-0.25, -0.2) is 0 Å². The zero-order valence-electron chi connectivity index (χ0n) is 13.3. The third-order valence-electron chi connectivity index (χ3n) is 3.91. The zero-order chi connectivity index (χ0) is 17.9. The van der Waals surface area contributed by atoms with E-state index in [2.05, 4.69) is 5.32 Å². The summed E-state index contributed by atoms with van der Waals surface area (Å²) >= 11 is 0. The van der Waals surface area contributed by atoms with Gasteiger partial charge in [0.1, 0.15) is 0 Å². The molecule has 1 aliphatic rings. The largest absolute Gasteiger partial charge is 0.416 e. The van der Waals surface area contributed by atoms with Crippen LogP contribution in [0.4, 0.5) is 18.9 Å². The summed E-state index contributed by atoms with van der Waals surface area (Å²) in [7, 11) is 0. The van der Waals surface area contributed by atoms with Crippen molar-refractivity contribution >= 4 is 17.5 Å². The van der Waals surface area contributed by atoms with Crippen molar-refractivity contribution in [3.05, 3.63) is 29.3 Å². The summed E-state index contributed by atoms with van der Waals surface area (Å²) in [6.45, 7) is 2.80. The number of carbonyl (C=O) groups excluding carboxylic acids is 2. The van der Waals surface area contributed by atoms with Crippen molar-refractivity contribution in [3.63, 3.8) is 0 Å². The first-order chi connectivity index (χ1) is 11.2. The predicted molar refractivity (Wildman–Crippen MR) is 83.6 cm³/mol. The molecule has 2 amide bonds. The maximum atomic E-state index is 13.1. The maximum absolute atomic E-state index is 13.1. The summed E-state index contributed by atoms with van der Waals surface area (Å²) in [6, 6.07) is 3.02. The number of alkyl halides is 3. The Morgan fingerprint density at radius 3 is 2.62 bits per heavy atom. The summed E-state index contributed by atoms with van der Waals surface area (Å²) in [5.74, 6) is -0.842. The van der Waals surface area contributed by atoms with Crippen LogP contribution in [-0.4, -0.2) is 31.4 Å². The number of halogens is 3. The lowest BCUT2D eigenvalue weighted by molar-refractivity contribution is -0.137. The number of nitrogens with two attached hydrogens (primary N) is 1. The summed E-state index contributed by atoms with van der Waals surface area (Å²) < 4.78 is 39.3. The molecular formula is C16H20F3N3O2. The minimum atomic E-state index is -4.60. The Bertz CT molecular complexity index is 631. The smallest absolute Gasteiger partial charge is 0.352 e. The van der Waals surface area contributed by atoms with Crippen LogP contribution in [0.1, 0.15) is 35.7 Å². The molecule has 1 unspecified atom stereocenters. The van der Waals surface area contributed by atoms with Gasteiger partial charge in [0.15, 0.2) is 0 Å². The van der Waals surface area contributed by atoms with Crippen LogP contribution in [0.25, 0.3) is 0 Å². The van der Waals surface area contributed by atoms with Gasteiger partial charge in [0.25, 0.3) is 5.91 Å². The molecular weight excluding hydrogens is 323 g/mol. The third-order valence-corrected chi connectivity index (χ3v) is 3.91. The van der Waals surface area contributed by atoms with Crippen molar-refractivity contribution in [1.82, 2.24) is 5.32 Å². The van der Waals surface area contributed by atoms with Gasteiger partial charge in [0.05, 0.1) is 5.56 Å². The van der Waals surface area contributed by atoms with Crippen LogP contribution >= 0.6 is 0 Å². The second-order valence-electron chi connectivity index (χ2n) is 5.97. The standard InChI is InChI=1S/C16H20F3N3O2/c1-10(8-20)9-21-15(24)11-5-12(16(17,18)19)7-13(6-11)22-4-2-3-14(22)23/h5-7,10H,2-4,8-9,20H2,1H3,(H,21,24). The second-order valence-corrected chi connectivity index (χ2v) is 5.97. The quantitative estimate of drug-likeness (QED) is 0.860. The number of nitrogens with zero attached hydrogens (tertiary/aromatic N) is 1. The van der Waals surface area contributed by atoms with Crippen LogP contribution in [0.3, 0.4) is 0 Å². The number of hydrogen-bond donors (Lipinski definition) is 2. The van der Waals surface area contributed by atoms with Gasteiger partial charge in [0.2, 0.25) is 5.91 Å². The third kappa shape index (κ3) is 4.25. The number of carbonyl (C=O) groups is 2. The second kappa shape index (κ2) is 7.21. The summed E-state index contributed by atoms with van der Waals surface area (Å²) in [6.07, 6.45) is -3.71. The molecule has 0 saturated carbocycles. The highest BCUT2D eigenvalue weighted by Crippen LogP contribution is 2.34. The van der Waals surface area contributed by atoms with Gasteiger partial charge in [-0.2, -0.15) is 13.2 Å². The normalized spacial score (nSPS) is 16.4. The van der Waals surface area contributed by atoms with Gasteiger partial charge >= 0.3 is 6.18 Å². The van der Waals surface area contributed by atoms with Crippen molar-refractivity contribution in [2.75, 3.05) is 24.5 Å². The van der Waals surface area contributed by atoms with Gasteiger partial charge in [-0.3, -0.25) is 9.59 Å². The molecule has 1 aromatic rings. The lowest BCUT2D eigenvalue weighted by atomic mass is 10.1. The monoisotopic (exact) mass is 343 g/mol. The molecule has 132 valence electrons. The number of hydrogen-bond acceptors (Lipinski definition) is 3. The van der Waals surface area contributed by atoms with Gasteiger partial charge in [-0.15, -0.1) is 0 Å². The molecule has 0 bridgehead atoms. The van der Waals surface area contributed by atoms with E-state index in [1.54, 1.807) is 0 Å². The average Bonchev–Trinajstić information content (AvgIpc) is 2.97. The Kier molecular flexibility index (Phi) is 5.48. The molecule has 0 aromatic heterocycles. The van der Waals surface area contributed by atoms with Gasteiger partial charge in [-0.05, 0) is 37.1 Å². The molecule has 1 heterocycles. The Balaban J connectivity index is 2.32. The highest BCUT2D eigenvalue weighted by atomic mass is 19.4. The van der Waals surface area contributed by atoms with Crippen molar-refractivity contribution < 1.29 is 22.8 Å². The molecule has 1 aliphatic heterocycles. The van der Waals surface area contributed by atoms with E-state index in [9.17, 15) is 22.8 Å². The van der Waals surface area contributed by atoms with Gasteiger partial charge in [-0.1, -0.05) is 6.92 Å². The molecule has 0 radical (unpaired) electrons. The van der Waals surface area contributed by atoms with Crippen LogP contribution in [0.5, 0.6) is 0 Å². The first kappa shape index (κ1) is 18.3. The van der Waals surface area contributed by atoms with E-state index in [0.717, 1.165) is 12.1 Å². The lowest BCUT2D eigenvalue weighted by Crippen LogP contribution is -2.32. The molecule has 1 atom stereocenters. The van der Waals surface area contributed by atoms with E-state index in [-0.39, 0.29) is 29.6 Å². The van der Waals surface area contributed by atoms with E-state index < -0.39 is 17.6 Å². The predicted octanol–water partition coefficient (Wildman–Crippen LogP) is 2.16. The highest BCUT2D eigenvalue weighted by Gasteiger charge is 2.33. The number of nitrogens with one attached hydrogen (secondary N) is 1. The number of benzene rings is 1. The highest BCUT2D eigenvalue weighted by molar-refractivity contribution is 5.99. The van der Waals surface area contributed by atoms with Crippen molar-refractivity contribution in [1.29, 1.82) is 0 Å². The first-order valence-electron chi connectivity index (χ1n) is 7.73. The van der Waals surface area contributed by atoms with E-state index in [1.807, 2.05) is 6.92 Å². The average molecular weight is 343 g/mol. The van der Waals surface area contributed by atoms with Crippen LogP contribution < -0.4 is 16.0 Å². The number of rotatable bonds is 5. The Morgan fingerprint density at radius 1 is 1.38 bits per heavy atom. The molecule has 3 N–H and O–H groups in total. The Morgan fingerprint density at radius 2 is 2.08 bits per heavy atom. The summed E-state index contributed by atoms with van der Waals surface area (Å²) in [5.41, 5.74) is 4.49. The minimum absolute atomic E-state index is 0.0133. The fourth-order valence-electron chi connectivity index (χ4n) is 2.44. The van der Waals surface area contributed by atoms with Gasteiger partial charge in [0, 0.05) is 30.8 Å². The van der Waals surface area contributed by atoms with Crippen LogP contribution in [0.2, 0.25) is 0 Å². The Hall–Kier alpha value is -2.09. The molecule has 0 aliphatic carbocycles. The van der Waals surface area contributed by atoms with E-state index in [0.29, 0.717) is 25.9 Å². The molecule has 1 aromatic carbocycles. The molecule has 8 heteroatoms. The van der Waals surface area contributed by atoms with Crippen molar-refractivity contribution in [2.45, 2.75) is 25.9 Å². The van der Waals surface area contributed by atoms with E-state index >= 15 is 0 Å². The molecule has 5 nitrogen and oxygen atoms in total. The van der Waals surface area contributed by atoms with Crippen LogP contribution in [0, 0.1) is 5.92 Å². The molecule has 24 heavy (non-hydrogen) atoms. The SMILES string of the molecule is CC(CN)CNC(=O)c1cc(N2CCCC2=O)cc(C(F)(F)F)c1. The van der Waals surface area contributed by atoms with Crippen LogP contribution in [-0.2, 0) is 11.0 Å². The molecule has 1 fully saturated rings. The summed E-state index contributed by atoms with van der Waals surface area (Å²) in [4.78, 5) is 25.3. The fourth-order valence-corrected chi connectivity index (χ4v) is 2.44. The van der Waals surface area contributed by atoms with Crippen LogP contribution in [0.15, 0.2) is 18.2 Å². The number of anilines is 1. The fraction of sp³-hybridized carbons (Fsp3) is 0.500. The zero-order valence-corrected chi connectivity index (χ0v) is 13.3. The van der Waals surface area contributed by atoms with Crippen molar-refractivity contribution in [3.8, 4) is 0 Å². The van der Waals surface area contributed by atoms with E-state index in [4.69, 9.17) is 5.73 Å². The lowest BCUT2D eigenvalue weighted by Gasteiger charge is -2.19. The van der Waals surface area contributed by atoms with E-state index in [1.165, 1.54) is 11.0 Å². The van der Waals surface area contributed by atoms with Crippen molar-refractivity contribution in [2.24, 2.45) is 11.7 Å². The Labute approximate surface area is 138 Å². The molecule has 0 spiro atoms. The number of amides is 2.